The van der Waals surface area contributed by atoms with Crippen LogP contribution in [0.3, 0.4) is 0 Å². The molecule has 2 N–H and O–H groups in total. The zero-order valence-electron chi connectivity index (χ0n) is 17.4. The van der Waals surface area contributed by atoms with E-state index >= 15 is 0 Å². The molecule has 0 atom stereocenters. The van der Waals surface area contributed by atoms with Gasteiger partial charge in [-0.3, -0.25) is 9.89 Å². The molecule has 1 aromatic carbocycles. The first-order valence-electron chi connectivity index (χ1n) is 9.97. The van der Waals surface area contributed by atoms with E-state index in [1.165, 1.54) is 23.1 Å². The third-order valence-electron chi connectivity index (χ3n) is 4.78. The van der Waals surface area contributed by atoms with Gasteiger partial charge in [0.15, 0.2) is 5.82 Å². The van der Waals surface area contributed by atoms with Crippen molar-refractivity contribution in [2.24, 2.45) is 0 Å². The molecule has 1 fully saturated rings. The molecule has 0 spiro atoms. The standard InChI is InChI=1S/C21H21ClN4O4S2/c1-3-30-20(28)17-14(11-4-5-11)9-31-19(17)23-16(27)10-32-21-24-18(25-26-21)13-8-12(22)6-7-15(13)29-2/h6-9,11H,3-5,10H2,1-2H3,(H,23,27)(H,24,25,26). The summed E-state index contributed by atoms with van der Waals surface area (Å²) in [4.78, 5) is 29.4. The molecule has 11 heteroatoms. The number of carbonyl (C=O) groups is 2. The first kappa shape index (κ1) is 22.6. The second-order valence-corrected chi connectivity index (χ2v) is 9.30. The van der Waals surface area contributed by atoms with Crippen LogP contribution in [-0.4, -0.2) is 46.5 Å². The Morgan fingerprint density at radius 2 is 2.19 bits per heavy atom. The van der Waals surface area contributed by atoms with Gasteiger partial charge in [0.25, 0.3) is 0 Å². The Hall–Kier alpha value is -2.56. The number of amides is 1. The average molecular weight is 493 g/mol. The molecule has 8 nitrogen and oxygen atoms in total. The van der Waals surface area contributed by atoms with E-state index in [4.69, 9.17) is 21.1 Å². The van der Waals surface area contributed by atoms with Crippen molar-refractivity contribution in [3.05, 3.63) is 39.7 Å². The van der Waals surface area contributed by atoms with Crippen molar-refractivity contribution in [1.29, 1.82) is 0 Å². The van der Waals surface area contributed by atoms with Gasteiger partial charge in [-0.25, -0.2) is 9.78 Å². The lowest BCUT2D eigenvalue weighted by atomic mass is 10.1. The number of thioether (sulfide) groups is 1. The quantitative estimate of drug-likeness (QED) is 0.320. The Kier molecular flexibility index (Phi) is 7.02. The van der Waals surface area contributed by atoms with E-state index in [-0.39, 0.29) is 18.3 Å². The number of hydrogen-bond donors (Lipinski definition) is 2. The number of esters is 1. The summed E-state index contributed by atoms with van der Waals surface area (Å²) in [5.74, 6) is 0.910. The Bertz CT molecular complexity index is 1140. The number of H-pyrrole nitrogens is 1. The molecule has 1 saturated carbocycles. The number of carbonyl (C=O) groups excluding carboxylic acids is 2. The number of thiophene rings is 1. The molecule has 1 aliphatic rings. The maximum Gasteiger partial charge on any atom is 0.341 e. The van der Waals surface area contributed by atoms with Crippen LogP contribution in [0.5, 0.6) is 5.75 Å². The van der Waals surface area contributed by atoms with Crippen LogP contribution in [0.25, 0.3) is 11.4 Å². The fraction of sp³-hybridized carbons (Fsp3) is 0.333. The van der Waals surface area contributed by atoms with Crippen LogP contribution in [-0.2, 0) is 9.53 Å². The third kappa shape index (κ3) is 5.08. The molecule has 0 bridgehead atoms. The summed E-state index contributed by atoms with van der Waals surface area (Å²) in [6, 6.07) is 5.20. The van der Waals surface area contributed by atoms with Gasteiger partial charge in [0.2, 0.25) is 11.1 Å². The Morgan fingerprint density at radius 3 is 2.91 bits per heavy atom. The lowest BCUT2D eigenvalue weighted by Gasteiger charge is -2.08. The average Bonchev–Trinajstić information content (AvgIpc) is 3.36. The van der Waals surface area contributed by atoms with E-state index < -0.39 is 5.97 Å². The highest BCUT2D eigenvalue weighted by atomic mass is 35.5. The number of nitrogens with zero attached hydrogens (tertiary/aromatic N) is 2. The van der Waals surface area contributed by atoms with Crippen LogP contribution in [0.4, 0.5) is 5.00 Å². The van der Waals surface area contributed by atoms with Crippen molar-refractivity contribution in [3.8, 4) is 17.1 Å². The number of aromatic nitrogens is 3. The minimum Gasteiger partial charge on any atom is -0.496 e. The second kappa shape index (κ2) is 9.93. The van der Waals surface area contributed by atoms with Gasteiger partial charge < -0.3 is 14.8 Å². The van der Waals surface area contributed by atoms with Crippen LogP contribution in [0, 0.1) is 0 Å². The molecule has 3 aromatic rings. The number of hydrogen-bond acceptors (Lipinski definition) is 8. The molecular weight excluding hydrogens is 472 g/mol. The first-order valence-corrected chi connectivity index (χ1v) is 12.2. The van der Waals surface area contributed by atoms with Crippen molar-refractivity contribution in [2.75, 3.05) is 24.8 Å². The molecule has 1 amide bonds. The number of benzene rings is 1. The van der Waals surface area contributed by atoms with E-state index in [9.17, 15) is 9.59 Å². The lowest BCUT2D eigenvalue weighted by molar-refractivity contribution is -0.113. The summed E-state index contributed by atoms with van der Waals surface area (Å²) in [6.07, 6.45) is 2.11. The molecule has 0 radical (unpaired) electrons. The lowest BCUT2D eigenvalue weighted by Crippen LogP contribution is -2.16. The van der Waals surface area contributed by atoms with Gasteiger partial charge in [-0.1, -0.05) is 23.4 Å². The topological polar surface area (TPSA) is 106 Å². The van der Waals surface area contributed by atoms with E-state index in [1.54, 1.807) is 32.2 Å². The van der Waals surface area contributed by atoms with Gasteiger partial charge in [0.05, 0.1) is 30.6 Å². The molecule has 32 heavy (non-hydrogen) atoms. The van der Waals surface area contributed by atoms with Crippen molar-refractivity contribution >= 4 is 51.6 Å². The molecule has 0 unspecified atom stereocenters. The fourth-order valence-electron chi connectivity index (χ4n) is 3.16. The van der Waals surface area contributed by atoms with Gasteiger partial charge >= 0.3 is 5.97 Å². The summed E-state index contributed by atoms with van der Waals surface area (Å²) in [5, 5.41) is 13.3. The van der Waals surface area contributed by atoms with Gasteiger partial charge in [0.1, 0.15) is 10.8 Å². The van der Waals surface area contributed by atoms with Gasteiger partial charge in [-0.2, -0.15) is 0 Å². The Morgan fingerprint density at radius 1 is 1.38 bits per heavy atom. The van der Waals surface area contributed by atoms with E-state index in [0.29, 0.717) is 43.8 Å². The maximum atomic E-state index is 12.6. The largest absolute Gasteiger partial charge is 0.496 e. The van der Waals surface area contributed by atoms with Gasteiger partial charge in [-0.05, 0) is 54.8 Å². The van der Waals surface area contributed by atoms with Crippen molar-refractivity contribution in [1.82, 2.24) is 15.2 Å². The number of anilines is 1. The molecule has 0 aliphatic heterocycles. The van der Waals surface area contributed by atoms with Crippen LogP contribution in [0.2, 0.25) is 5.02 Å². The normalized spacial score (nSPS) is 13.1. The summed E-state index contributed by atoms with van der Waals surface area (Å²) < 4.78 is 10.5. The van der Waals surface area contributed by atoms with Crippen LogP contribution < -0.4 is 10.1 Å². The van der Waals surface area contributed by atoms with Crippen molar-refractivity contribution in [2.45, 2.75) is 30.8 Å². The van der Waals surface area contributed by atoms with E-state index in [2.05, 4.69) is 20.5 Å². The SMILES string of the molecule is CCOC(=O)c1c(C2CC2)csc1NC(=O)CSc1n[nH]c(-c2cc(Cl)ccc2OC)n1. The molecule has 0 saturated heterocycles. The number of methoxy groups -OCH3 is 1. The summed E-state index contributed by atoms with van der Waals surface area (Å²) in [5.41, 5.74) is 2.12. The molecule has 4 rings (SSSR count). The number of halogens is 1. The summed E-state index contributed by atoms with van der Waals surface area (Å²) in [7, 11) is 1.56. The minimum atomic E-state index is -0.396. The van der Waals surface area contributed by atoms with Crippen LogP contribution in [0.15, 0.2) is 28.7 Å². The first-order chi connectivity index (χ1) is 15.5. The van der Waals surface area contributed by atoms with Crippen molar-refractivity contribution < 1.29 is 19.1 Å². The molecule has 168 valence electrons. The predicted molar refractivity (Wildman–Crippen MR) is 125 cm³/mol. The van der Waals surface area contributed by atoms with E-state index in [0.717, 1.165) is 18.4 Å². The number of rotatable bonds is 9. The second-order valence-electron chi connectivity index (χ2n) is 7.04. The van der Waals surface area contributed by atoms with Crippen LogP contribution in [0.1, 0.15) is 41.6 Å². The third-order valence-corrected chi connectivity index (χ3v) is 6.78. The highest BCUT2D eigenvalue weighted by molar-refractivity contribution is 7.99. The fourth-order valence-corrected chi connectivity index (χ4v) is 4.98. The molecule has 1 aliphatic carbocycles. The Balaban J connectivity index is 1.42. The van der Waals surface area contributed by atoms with Crippen molar-refractivity contribution in [3.63, 3.8) is 0 Å². The predicted octanol–water partition coefficient (Wildman–Crippen LogP) is 4.98. The Labute approximate surface area is 198 Å². The summed E-state index contributed by atoms with van der Waals surface area (Å²) in [6.45, 7) is 2.05. The van der Waals surface area contributed by atoms with Gasteiger partial charge in [-0.15, -0.1) is 16.4 Å². The zero-order valence-corrected chi connectivity index (χ0v) is 19.8. The monoisotopic (exact) mass is 492 g/mol. The van der Waals surface area contributed by atoms with Gasteiger partial charge in [0, 0.05) is 5.02 Å². The highest BCUT2D eigenvalue weighted by Crippen LogP contribution is 2.46. The number of ether oxygens (including phenoxy) is 2. The van der Waals surface area contributed by atoms with E-state index in [1.807, 2.05) is 5.38 Å². The maximum absolute atomic E-state index is 12.6. The molecular formula is C21H21ClN4O4S2. The highest BCUT2D eigenvalue weighted by Gasteiger charge is 2.32. The molecule has 2 heterocycles. The molecule has 2 aromatic heterocycles. The minimum absolute atomic E-state index is 0.0862. The zero-order chi connectivity index (χ0) is 22.7. The summed E-state index contributed by atoms with van der Waals surface area (Å²) >= 11 is 8.61. The van der Waals surface area contributed by atoms with Crippen LogP contribution >= 0.6 is 34.7 Å². The smallest absolute Gasteiger partial charge is 0.341 e. The number of aromatic amines is 1. The number of nitrogens with one attached hydrogen (secondary N) is 2.